The first-order chi connectivity index (χ1) is 16.2. The van der Waals surface area contributed by atoms with Crippen molar-refractivity contribution in [1.29, 1.82) is 0 Å². The average molecular weight is 468 g/mol. The van der Waals surface area contributed by atoms with E-state index in [2.05, 4.69) is 25.8 Å². The number of hydrogen-bond donors (Lipinski definition) is 3. The van der Waals surface area contributed by atoms with Crippen molar-refractivity contribution in [2.75, 3.05) is 36.8 Å². The number of carbonyl (C=O) groups is 3. The lowest BCUT2D eigenvalue weighted by molar-refractivity contribution is 0.0635. The fourth-order valence-corrected chi connectivity index (χ4v) is 3.58. The van der Waals surface area contributed by atoms with Crippen molar-refractivity contribution in [2.24, 2.45) is 0 Å². The Bertz CT molecular complexity index is 995. The number of aromatic nitrogens is 1. The van der Waals surface area contributed by atoms with Gasteiger partial charge in [0, 0.05) is 19.3 Å². The van der Waals surface area contributed by atoms with Crippen molar-refractivity contribution in [3.63, 3.8) is 0 Å². The molecule has 0 atom stereocenters. The smallest absolute Gasteiger partial charge is 0.412 e. The maximum atomic E-state index is 12.7. The molecule has 0 unspecified atom stereocenters. The summed E-state index contributed by atoms with van der Waals surface area (Å²) in [6.45, 7) is 8.87. The van der Waals surface area contributed by atoms with E-state index in [9.17, 15) is 14.4 Å². The third-order valence-electron chi connectivity index (χ3n) is 5.23. The monoisotopic (exact) mass is 467 g/mol. The number of nitrogens with one attached hydrogen (secondary N) is 3. The summed E-state index contributed by atoms with van der Waals surface area (Å²) in [5, 5.41) is 8.28. The minimum Gasteiger partial charge on any atom is -0.444 e. The van der Waals surface area contributed by atoms with Gasteiger partial charge in [0.2, 0.25) is 0 Å². The van der Waals surface area contributed by atoms with Crippen LogP contribution in [-0.2, 0) is 4.74 Å². The van der Waals surface area contributed by atoms with Crippen LogP contribution in [-0.4, -0.2) is 59.6 Å². The standard InChI is InChI=1S/C25H33N5O4/c1-25(2,3)34-24(33)29-20-10-6-5-9-19(20)28-23(32)21-12-11-18(17-27-21)22(31)26-13-16-30-14-7-4-8-15-30/h5-6,9-12,17H,4,7-8,13-16H2,1-3H3,(H,26,31)(H,28,32)(H,29,33). The number of nitrogens with zero attached hydrogens (tertiary/aromatic N) is 2. The summed E-state index contributed by atoms with van der Waals surface area (Å²) in [5.41, 5.74) is 0.696. The van der Waals surface area contributed by atoms with Gasteiger partial charge >= 0.3 is 6.09 Å². The van der Waals surface area contributed by atoms with E-state index in [1.54, 1.807) is 51.1 Å². The van der Waals surface area contributed by atoms with Crippen LogP contribution in [0.4, 0.5) is 16.2 Å². The first-order valence-electron chi connectivity index (χ1n) is 11.6. The Labute approximate surface area is 200 Å². The number of benzene rings is 1. The van der Waals surface area contributed by atoms with Gasteiger partial charge in [0.05, 0.1) is 16.9 Å². The molecule has 3 N–H and O–H groups in total. The highest BCUT2D eigenvalue weighted by molar-refractivity contribution is 6.06. The van der Waals surface area contributed by atoms with Crippen molar-refractivity contribution in [3.05, 3.63) is 53.9 Å². The summed E-state index contributed by atoms with van der Waals surface area (Å²) in [6, 6.07) is 9.86. The van der Waals surface area contributed by atoms with Gasteiger partial charge in [-0.2, -0.15) is 0 Å². The topological polar surface area (TPSA) is 113 Å². The molecule has 34 heavy (non-hydrogen) atoms. The summed E-state index contributed by atoms with van der Waals surface area (Å²) in [7, 11) is 0. The summed E-state index contributed by atoms with van der Waals surface area (Å²) in [5.74, 6) is -0.682. The largest absolute Gasteiger partial charge is 0.444 e. The van der Waals surface area contributed by atoms with Crippen LogP contribution in [0.15, 0.2) is 42.6 Å². The number of carbonyl (C=O) groups excluding carboxylic acids is 3. The van der Waals surface area contributed by atoms with Crippen molar-refractivity contribution in [3.8, 4) is 0 Å². The zero-order chi connectivity index (χ0) is 24.6. The Morgan fingerprint density at radius 3 is 2.24 bits per heavy atom. The highest BCUT2D eigenvalue weighted by atomic mass is 16.6. The Kier molecular flexibility index (Phi) is 8.59. The minimum atomic E-state index is -0.645. The summed E-state index contributed by atoms with van der Waals surface area (Å²) in [6.07, 6.45) is 4.46. The van der Waals surface area contributed by atoms with Gasteiger partial charge in [0.15, 0.2) is 0 Å². The van der Waals surface area contributed by atoms with Crippen LogP contribution in [0.5, 0.6) is 0 Å². The molecule has 9 heteroatoms. The Morgan fingerprint density at radius 1 is 0.941 bits per heavy atom. The molecule has 1 aromatic carbocycles. The molecule has 1 aromatic heterocycles. The van der Waals surface area contributed by atoms with Crippen LogP contribution in [0, 0.1) is 0 Å². The van der Waals surface area contributed by atoms with E-state index in [1.807, 2.05) is 0 Å². The van der Waals surface area contributed by atoms with Crippen molar-refractivity contribution < 1.29 is 19.1 Å². The maximum Gasteiger partial charge on any atom is 0.412 e. The van der Waals surface area contributed by atoms with Crippen LogP contribution in [0.3, 0.4) is 0 Å². The zero-order valence-electron chi connectivity index (χ0n) is 20.0. The lowest BCUT2D eigenvalue weighted by atomic mass is 10.1. The van der Waals surface area contributed by atoms with Gasteiger partial charge in [-0.1, -0.05) is 18.6 Å². The second kappa shape index (κ2) is 11.6. The first-order valence-corrected chi connectivity index (χ1v) is 11.6. The fourth-order valence-electron chi connectivity index (χ4n) is 3.58. The van der Waals surface area contributed by atoms with E-state index in [-0.39, 0.29) is 11.6 Å². The highest BCUT2D eigenvalue weighted by Crippen LogP contribution is 2.22. The molecule has 1 fully saturated rings. The van der Waals surface area contributed by atoms with Gasteiger partial charge < -0.3 is 20.3 Å². The highest BCUT2D eigenvalue weighted by Gasteiger charge is 2.18. The Morgan fingerprint density at radius 2 is 1.62 bits per heavy atom. The molecule has 0 spiro atoms. The summed E-state index contributed by atoms with van der Waals surface area (Å²) in [4.78, 5) is 43.7. The molecule has 3 rings (SSSR count). The molecular weight excluding hydrogens is 434 g/mol. The van der Waals surface area contributed by atoms with Crippen LogP contribution >= 0.6 is 0 Å². The number of hydrogen-bond acceptors (Lipinski definition) is 6. The molecule has 3 amide bonds. The predicted octanol–water partition coefficient (Wildman–Crippen LogP) is 3.90. The van der Waals surface area contributed by atoms with Gasteiger partial charge in [0.1, 0.15) is 11.3 Å². The van der Waals surface area contributed by atoms with Crippen LogP contribution in [0.25, 0.3) is 0 Å². The van der Waals surface area contributed by atoms with Gasteiger partial charge in [-0.15, -0.1) is 0 Å². The van der Waals surface area contributed by atoms with E-state index < -0.39 is 17.6 Å². The first kappa shape index (κ1) is 25.2. The Hall–Kier alpha value is -3.46. The van der Waals surface area contributed by atoms with Gasteiger partial charge in [-0.3, -0.25) is 19.9 Å². The molecular formula is C25H33N5O4. The maximum absolute atomic E-state index is 12.7. The molecule has 0 bridgehead atoms. The van der Waals surface area contributed by atoms with Crippen LogP contribution in [0.2, 0.25) is 0 Å². The number of para-hydroxylation sites is 2. The van der Waals surface area contributed by atoms with Gasteiger partial charge in [0.25, 0.3) is 11.8 Å². The molecule has 0 radical (unpaired) electrons. The molecule has 1 aliphatic rings. The minimum absolute atomic E-state index is 0.150. The van der Waals surface area contributed by atoms with E-state index in [4.69, 9.17) is 4.74 Å². The number of anilines is 2. The van der Waals surface area contributed by atoms with E-state index in [0.29, 0.717) is 23.5 Å². The van der Waals surface area contributed by atoms with Crippen molar-refractivity contribution in [1.82, 2.24) is 15.2 Å². The predicted molar refractivity (Wildman–Crippen MR) is 131 cm³/mol. The second-order valence-electron chi connectivity index (χ2n) is 9.22. The normalized spacial score (nSPS) is 14.2. The molecule has 2 heterocycles. The third kappa shape index (κ3) is 7.84. The van der Waals surface area contributed by atoms with Crippen molar-refractivity contribution >= 4 is 29.3 Å². The van der Waals surface area contributed by atoms with Crippen molar-refractivity contribution in [2.45, 2.75) is 45.6 Å². The van der Waals surface area contributed by atoms with E-state index in [0.717, 1.165) is 19.6 Å². The molecule has 9 nitrogen and oxygen atoms in total. The zero-order valence-corrected chi connectivity index (χ0v) is 20.0. The average Bonchev–Trinajstić information content (AvgIpc) is 2.80. The number of amides is 3. The van der Waals surface area contributed by atoms with E-state index >= 15 is 0 Å². The number of likely N-dealkylation sites (tertiary alicyclic amines) is 1. The Balaban J connectivity index is 1.54. The van der Waals surface area contributed by atoms with E-state index in [1.165, 1.54) is 31.5 Å². The lowest BCUT2D eigenvalue weighted by Crippen LogP contribution is -2.37. The summed E-state index contributed by atoms with van der Waals surface area (Å²) < 4.78 is 5.27. The van der Waals surface area contributed by atoms with Gasteiger partial charge in [-0.05, 0) is 71.0 Å². The molecule has 2 aromatic rings. The third-order valence-corrected chi connectivity index (χ3v) is 5.23. The molecule has 1 saturated heterocycles. The molecule has 182 valence electrons. The second-order valence-corrected chi connectivity index (χ2v) is 9.22. The SMILES string of the molecule is CC(C)(C)OC(=O)Nc1ccccc1NC(=O)c1ccc(C(=O)NCCN2CCCCC2)cn1. The number of piperidine rings is 1. The van der Waals surface area contributed by atoms with Gasteiger partial charge in [-0.25, -0.2) is 4.79 Å². The number of rotatable bonds is 7. The summed E-state index contributed by atoms with van der Waals surface area (Å²) >= 11 is 0. The molecule has 0 saturated carbocycles. The molecule has 0 aliphatic carbocycles. The lowest BCUT2D eigenvalue weighted by Gasteiger charge is -2.26. The van der Waals surface area contributed by atoms with Crippen LogP contribution in [0.1, 0.15) is 60.9 Å². The number of ether oxygens (including phenoxy) is 1. The van der Waals surface area contributed by atoms with Crippen LogP contribution < -0.4 is 16.0 Å². The fraction of sp³-hybridized carbons (Fsp3) is 0.440. The number of pyridine rings is 1. The quantitative estimate of drug-likeness (QED) is 0.569. The molecule has 1 aliphatic heterocycles.